The van der Waals surface area contributed by atoms with Gasteiger partial charge in [-0.1, -0.05) is 0 Å². The van der Waals surface area contributed by atoms with Crippen molar-refractivity contribution < 1.29 is 14.2 Å². The van der Waals surface area contributed by atoms with Crippen molar-refractivity contribution in [3.8, 4) is 0 Å². The van der Waals surface area contributed by atoms with Crippen LogP contribution in [0, 0.1) is 0 Å². The Balaban J connectivity index is 2.83. The predicted octanol–water partition coefficient (Wildman–Crippen LogP) is -0.0368. The summed E-state index contributed by atoms with van der Waals surface area (Å²) < 4.78 is 15.6. The van der Waals surface area contributed by atoms with E-state index in [0.717, 1.165) is 0 Å². The van der Waals surface area contributed by atoms with Gasteiger partial charge in [-0.25, -0.2) is 4.39 Å². The SMILES string of the molecule is COC[C@@H](O)C[18F]. The molecule has 44 valence electrons. The molecule has 0 bridgehead atoms. The molecule has 2 nitrogen and oxygen atoms in total. The van der Waals surface area contributed by atoms with Crippen LogP contribution in [0.15, 0.2) is 0 Å². The fourth-order valence-corrected chi connectivity index (χ4v) is 0.237. The molecule has 3 heteroatoms. The van der Waals surface area contributed by atoms with Crippen molar-refractivity contribution in [2.24, 2.45) is 0 Å². The van der Waals surface area contributed by atoms with Gasteiger partial charge in [0.1, 0.15) is 12.8 Å². The van der Waals surface area contributed by atoms with Crippen molar-refractivity contribution in [2.75, 3.05) is 20.4 Å². The van der Waals surface area contributed by atoms with Gasteiger partial charge in [0.15, 0.2) is 0 Å². The molecule has 0 aromatic heterocycles. The second kappa shape index (κ2) is 4.02. The van der Waals surface area contributed by atoms with E-state index in [1.165, 1.54) is 7.11 Å². The van der Waals surface area contributed by atoms with E-state index in [2.05, 4.69) is 4.74 Å². The van der Waals surface area contributed by atoms with Crippen LogP contribution in [0.5, 0.6) is 0 Å². The minimum atomic E-state index is -0.940. The van der Waals surface area contributed by atoms with Crippen LogP contribution in [0.3, 0.4) is 0 Å². The van der Waals surface area contributed by atoms with Crippen LogP contribution in [0.2, 0.25) is 0 Å². The van der Waals surface area contributed by atoms with E-state index < -0.39 is 12.8 Å². The number of alkyl halides is 1. The molecule has 1 N–H and O–H groups in total. The first-order valence-corrected chi connectivity index (χ1v) is 2.04. The molecule has 0 amide bonds. The summed E-state index contributed by atoms with van der Waals surface area (Å²) in [6.07, 6.45) is -0.940. The summed E-state index contributed by atoms with van der Waals surface area (Å²) in [5, 5.41) is 8.36. The number of hydrogen-bond donors (Lipinski definition) is 1. The molecule has 0 heterocycles. The van der Waals surface area contributed by atoms with Gasteiger partial charge in [0, 0.05) is 7.11 Å². The van der Waals surface area contributed by atoms with Crippen molar-refractivity contribution in [1.82, 2.24) is 0 Å². The quantitative estimate of drug-likeness (QED) is 0.548. The molecule has 7 heavy (non-hydrogen) atoms. The van der Waals surface area contributed by atoms with E-state index >= 15 is 0 Å². The molecular weight excluding hydrogens is 98.0 g/mol. The molecule has 0 fully saturated rings. The Bertz CT molecular complexity index is 40.7. The van der Waals surface area contributed by atoms with Crippen LogP contribution < -0.4 is 0 Å². The van der Waals surface area contributed by atoms with E-state index in [0.29, 0.717) is 0 Å². The summed E-state index contributed by atoms with van der Waals surface area (Å²) in [6, 6.07) is 0. The molecule has 0 radical (unpaired) electrons. The van der Waals surface area contributed by atoms with Gasteiger partial charge < -0.3 is 9.84 Å². The van der Waals surface area contributed by atoms with Gasteiger partial charge in [-0.15, -0.1) is 0 Å². The third kappa shape index (κ3) is 3.69. The molecule has 1 atom stereocenters. The summed E-state index contributed by atoms with van der Waals surface area (Å²) in [5.41, 5.74) is 0. The molecule has 0 aliphatic carbocycles. The average Bonchev–Trinajstić information content (AvgIpc) is 1.68. The number of methoxy groups -OCH3 is 1. The van der Waals surface area contributed by atoms with Gasteiger partial charge >= 0.3 is 0 Å². The molecule has 0 aromatic carbocycles. The van der Waals surface area contributed by atoms with Crippen LogP contribution in [0.1, 0.15) is 0 Å². The lowest BCUT2D eigenvalue weighted by Crippen LogP contribution is -2.15. The van der Waals surface area contributed by atoms with Crippen molar-refractivity contribution in [3.05, 3.63) is 0 Å². The lowest BCUT2D eigenvalue weighted by Gasteiger charge is -2.00. The largest absolute Gasteiger partial charge is 0.388 e. The minimum absolute atomic E-state index is 0.0799. The highest BCUT2D eigenvalue weighted by molar-refractivity contribution is 4.46. The predicted molar refractivity (Wildman–Crippen MR) is 23.9 cm³/mol. The average molecular weight is 107 g/mol. The second-order valence-corrected chi connectivity index (χ2v) is 1.26. The molecule has 0 unspecified atom stereocenters. The van der Waals surface area contributed by atoms with Crippen molar-refractivity contribution in [2.45, 2.75) is 6.10 Å². The third-order valence-corrected chi connectivity index (χ3v) is 0.537. The monoisotopic (exact) mass is 107 g/mol. The number of ether oxygens (including phenoxy) is 1. The molecule has 0 saturated carbocycles. The smallest absolute Gasteiger partial charge is 0.118 e. The lowest BCUT2D eigenvalue weighted by atomic mass is 10.4. The molecule has 0 rings (SSSR count). The Labute approximate surface area is 41.9 Å². The summed E-state index contributed by atoms with van der Waals surface area (Å²) in [4.78, 5) is 0. The maximum atomic E-state index is 11.2. The molecular formula is C4H9FO2. The first-order chi connectivity index (χ1) is 3.31. The topological polar surface area (TPSA) is 29.5 Å². The highest BCUT2D eigenvalue weighted by Crippen LogP contribution is 1.82. The van der Waals surface area contributed by atoms with E-state index in [4.69, 9.17) is 5.11 Å². The molecule has 0 saturated heterocycles. The van der Waals surface area contributed by atoms with Crippen LogP contribution >= 0.6 is 0 Å². The Hall–Kier alpha value is -0.150. The van der Waals surface area contributed by atoms with Gasteiger partial charge in [0.25, 0.3) is 0 Å². The van der Waals surface area contributed by atoms with Gasteiger partial charge in [-0.3, -0.25) is 0 Å². The van der Waals surface area contributed by atoms with Crippen LogP contribution in [-0.4, -0.2) is 31.6 Å². The zero-order chi connectivity index (χ0) is 5.70. The lowest BCUT2D eigenvalue weighted by molar-refractivity contribution is 0.0482. The van der Waals surface area contributed by atoms with Gasteiger partial charge in [0.2, 0.25) is 0 Å². The zero-order valence-electron chi connectivity index (χ0n) is 4.22. The Morgan fingerprint density at radius 1 is 1.86 bits per heavy atom. The highest BCUT2D eigenvalue weighted by atomic mass is 18.2. The number of aliphatic hydroxyl groups excluding tert-OH is 1. The summed E-state index contributed by atoms with van der Waals surface area (Å²) in [6.45, 7) is -0.648. The minimum Gasteiger partial charge on any atom is -0.388 e. The molecule has 0 aliphatic rings. The zero-order valence-corrected chi connectivity index (χ0v) is 4.22. The first-order valence-electron chi connectivity index (χ1n) is 2.04. The first kappa shape index (κ1) is 6.85. The summed E-state index contributed by atoms with van der Waals surface area (Å²) in [5.74, 6) is 0. The second-order valence-electron chi connectivity index (χ2n) is 1.26. The van der Waals surface area contributed by atoms with Crippen LogP contribution in [-0.2, 0) is 4.74 Å². The van der Waals surface area contributed by atoms with Crippen molar-refractivity contribution in [1.29, 1.82) is 0 Å². The van der Waals surface area contributed by atoms with E-state index in [-0.39, 0.29) is 6.61 Å². The van der Waals surface area contributed by atoms with Gasteiger partial charge in [-0.05, 0) is 0 Å². The Kier molecular flexibility index (Phi) is 3.93. The summed E-state index contributed by atoms with van der Waals surface area (Å²) in [7, 11) is 1.42. The maximum absolute atomic E-state index is 11.2. The molecule has 0 aliphatic heterocycles. The fourth-order valence-electron chi connectivity index (χ4n) is 0.237. The van der Waals surface area contributed by atoms with Gasteiger partial charge in [0.05, 0.1) is 6.61 Å². The van der Waals surface area contributed by atoms with E-state index in [1.54, 1.807) is 0 Å². The molecule has 0 aromatic rings. The van der Waals surface area contributed by atoms with Gasteiger partial charge in [-0.2, -0.15) is 0 Å². The molecule has 0 spiro atoms. The summed E-state index contributed by atoms with van der Waals surface area (Å²) >= 11 is 0. The highest BCUT2D eigenvalue weighted by Gasteiger charge is 1.98. The number of hydrogen-bond acceptors (Lipinski definition) is 2. The van der Waals surface area contributed by atoms with E-state index in [9.17, 15) is 4.39 Å². The fraction of sp³-hybridized carbons (Fsp3) is 1.00. The van der Waals surface area contributed by atoms with Crippen LogP contribution in [0.25, 0.3) is 0 Å². The third-order valence-electron chi connectivity index (χ3n) is 0.537. The van der Waals surface area contributed by atoms with Crippen LogP contribution in [0.4, 0.5) is 4.39 Å². The van der Waals surface area contributed by atoms with E-state index in [1.807, 2.05) is 0 Å². The number of aliphatic hydroxyl groups is 1. The Morgan fingerprint density at radius 3 is 2.57 bits per heavy atom. The normalized spacial score (nSPS) is 14.1. The number of rotatable bonds is 3. The Morgan fingerprint density at radius 2 is 2.43 bits per heavy atom. The van der Waals surface area contributed by atoms with Crippen molar-refractivity contribution in [3.63, 3.8) is 0 Å². The maximum Gasteiger partial charge on any atom is 0.118 e. The van der Waals surface area contributed by atoms with Crippen molar-refractivity contribution >= 4 is 0 Å². The number of halogens is 1. The standard InChI is InChI=1S/C4H9FO2/c1-7-3-4(6)2-5/h4,6H,2-3H2,1H3/t4-/m0/s1/i5-1.